The minimum Gasteiger partial charge on any atom is -0.399 e. The first-order valence-electron chi connectivity index (χ1n) is 5.39. The van der Waals surface area contributed by atoms with Crippen LogP contribution in [0.15, 0.2) is 40.9 Å². The van der Waals surface area contributed by atoms with Crippen molar-refractivity contribution < 1.29 is 4.79 Å². The molecule has 0 saturated heterocycles. The van der Waals surface area contributed by atoms with Crippen LogP contribution in [0.25, 0.3) is 0 Å². The molecule has 4 nitrogen and oxygen atoms in total. The van der Waals surface area contributed by atoms with Gasteiger partial charge in [0, 0.05) is 15.8 Å². The van der Waals surface area contributed by atoms with Gasteiger partial charge < -0.3 is 16.8 Å². The minimum absolute atomic E-state index is 0.375. The summed E-state index contributed by atoms with van der Waals surface area (Å²) in [4.78, 5) is 11.4. The van der Waals surface area contributed by atoms with Crippen molar-refractivity contribution in [2.45, 2.75) is 0 Å². The molecule has 0 bridgehead atoms. The van der Waals surface area contributed by atoms with Crippen molar-refractivity contribution >= 4 is 50.5 Å². The molecule has 0 fully saturated rings. The number of nitrogens with one attached hydrogen (secondary N) is 1. The topological polar surface area (TPSA) is 81.1 Å². The van der Waals surface area contributed by atoms with E-state index in [4.69, 9.17) is 23.1 Å². The van der Waals surface area contributed by atoms with E-state index in [0.717, 1.165) is 10.2 Å². The fourth-order valence-corrected chi connectivity index (χ4v) is 2.11. The van der Waals surface area contributed by atoms with Crippen molar-refractivity contribution in [1.29, 1.82) is 0 Å². The zero-order valence-electron chi connectivity index (χ0n) is 9.78. The number of nitrogen functional groups attached to an aromatic ring is 1. The molecule has 0 spiro atoms. The van der Waals surface area contributed by atoms with Crippen LogP contribution >= 0.6 is 27.5 Å². The predicted molar refractivity (Wildman–Crippen MR) is 81.8 cm³/mol. The van der Waals surface area contributed by atoms with Crippen LogP contribution in [0.3, 0.4) is 0 Å². The highest BCUT2D eigenvalue weighted by Gasteiger charge is 2.09. The average Bonchev–Trinajstić information content (AvgIpc) is 2.33. The monoisotopic (exact) mass is 339 g/mol. The lowest BCUT2D eigenvalue weighted by atomic mass is 10.1. The molecule has 0 aliphatic rings. The SMILES string of the molecule is NC(=O)c1ccc(N)cc1Nc1ccc(Cl)c(Br)c1. The minimum atomic E-state index is -0.518. The maximum absolute atomic E-state index is 11.4. The van der Waals surface area contributed by atoms with Gasteiger partial charge in [0.15, 0.2) is 0 Å². The number of carbonyl (C=O) groups is 1. The molecule has 0 unspecified atom stereocenters. The normalized spacial score (nSPS) is 10.2. The van der Waals surface area contributed by atoms with E-state index in [9.17, 15) is 4.79 Å². The smallest absolute Gasteiger partial charge is 0.250 e. The third-order valence-electron chi connectivity index (χ3n) is 2.51. The first kappa shape index (κ1) is 13.7. The summed E-state index contributed by atoms with van der Waals surface area (Å²) in [5.41, 5.74) is 13.3. The van der Waals surface area contributed by atoms with Crippen LogP contribution < -0.4 is 16.8 Å². The molecule has 0 saturated carbocycles. The van der Waals surface area contributed by atoms with Crippen molar-refractivity contribution in [1.82, 2.24) is 0 Å². The Hall–Kier alpha value is -1.72. The predicted octanol–water partition coefficient (Wildman–Crippen LogP) is 3.53. The van der Waals surface area contributed by atoms with Gasteiger partial charge in [0.2, 0.25) is 0 Å². The largest absolute Gasteiger partial charge is 0.399 e. The number of primary amides is 1. The lowest BCUT2D eigenvalue weighted by molar-refractivity contribution is 0.100. The quantitative estimate of drug-likeness (QED) is 0.748. The van der Waals surface area contributed by atoms with Gasteiger partial charge in [-0.25, -0.2) is 0 Å². The Labute approximate surface area is 123 Å². The van der Waals surface area contributed by atoms with E-state index in [1.165, 1.54) is 0 Å². The summed E-state index contributed by atoms with van der Waals surface area (Å²) in [6.45, 7) is 0. The van der Waals surface area contributed by atoms with Crippen LogP contribution in [0.2, 0.25) is 5.02 Å². The van der Waals surface area contributed by atoms with Gasteiger partial charge in [0.05, 0.1) is 16.3 Å². The summed E-state index contributed by atoms with van der Waals surface area (Å²) in [5, 5.41) is 3.70. The molecule has 6 heteroatoms. The van der Waals surface area contributed by atoms with Crippen LogP contribution in [-0.2, 0) is 0 Å². The molecule has 0 radical (unpaired) electrons. The molecule has 0 aliphatic heterocycles. The first-order valence-corrected chi connectivity index (χ1v) is 6.56. The number of nitrogens with two attached hydrogens (primary N) is 2. The van der Waals surface area contributed by atoms with Crippen molar-refractivity contribution in [3.63, 3.8) is 0 Å². The molecule has 0 aliphatic carbocycles. The van der Waals surface area contributed by atoms with Gasteiger partial charge in [-0.1, -0.05) is 11.6 Å². The van der Waals surface area contributed by atoms with Gasteiger partial charge in [0.25, 0.3) is 5.91 Å². The Morgan fingerprint density at radius 2 is 1.95 bits per heavy atom. The number of halogens is 2. The van der Waals surface area contributed by atoms with E-state index in [0.29, 0.717) is 22.0 Å². The highest BCUT2D eigenvalue weighted by atomic mass is 79.9. The van der Waals surface area contributed by atoms with E-state index in [-0.39, 0.29) is 0 Å². The van der Waals surface area contributed by atoms with Crippen LogP contribution in [0, 0.1) is 0 Å². The maximum Gasteiger partial charge on any atom is 0.250 e. The molecular weight excluding hydrogens is 330 g/mol. The summed E-state index contributed by atoms with van der Waals surface area (Å²) < 4.78 is 0.753. The van der Waals surface area contributed by atoms with Crippen LogP contribution in [0.5, 0.6) is 0 Å². The van der Waals surface area contributed by atoms with Gasteiger partial charge in [-0.2, -0.15) is 0 Å². The molecule has 1 amide bonds. The fourth-order valence-electron chi connectivity index (χ4n) is 1.61. The third kappa shape index (κ3) is 3.19. The number of hydrogen-bond donors (Lipinski definition) is 3. The van der Waals surface area contributed by atoms with E-state index < -0.39 is 5.91 Å². The standard InChI is InChI=1S/C13H11BrClN3O/c14-10-6-8(2-4-11(10)15)18-12-5-7(16)1-3-9(12)13(17)19/h1-6,18H,16H2,(H2,17,19). The van der Waals surface area contributed by atoms with Crippen molar-refractivity contribution in [2.75, 3.05) is 11.1 Å². The second-order valence-corrected chi connectivity index (χ2v) is 5.18. The van der Waals surface area contributed by atoms with Gasteiger partial charge >= 0.3 is 0 Å². The number of anilines is 3. The van der Waals surface area contributed by atoms with Gasteiger partial charge in [-0.3, -0.25) is 4.79 Å². The molecule has 2 aromatic carbocycles. The molecule has 0 heterocycles. The number of hydrogen-bond acceptors (Lipinski definition) is 3. The molecular formula is C13H11BrClN3O. The van der Waals surface area contributed by atoms with Crippen molar-refractivity contribution in [3.8, 4) is 0 Å². The van der Waals surface area contributed by atoms with Crippen LogP contribution in [0.1, 0.15) is 10.4 Å². The van der Waals surface area contributed by atoms with Gasteiger partial charge in [-0.05, 0) is 52.3 Å². The average molecular weight is 341 g/mol. The Balaban J connectivity index is 2.39. The lowest BCUT2D eigenvalue weighted by Crippen LogP contribution is -2.13. The second kappa shape index (κ2) is 5.50. The van der Waals surface area contributed by atoms with E-state index in [1.807, 2.05) is 0 Å². The summed E-state index contributed by atoms with van der Waals surface area (Å²) in [7, 11) is 0. The number of amides is 1. The molecule has 2 rings (SSSR count). The third-order valence-corrected chi connectivity index (χ3v) is 3.72. The Bertz CT molecular complexity index is 646. The van der Waals surface area contributed by atoms with Crippen LogP contribution in [-0.4, -0.2) is 5.91 Å². The van der Waals surface area contributed by atoms with E-state index in [1.54, 1.807) is 36.4 Å². The molecule has 5 N–H and O–H groups in total. The zero-order chi connectivity index (χ0) is 14.0. The molecule has 0 atom stereocenters. The van der Waals surface area contributed by atoms with Crippen molar-refractivity contribution in [3.05, 3.63) is 51.5 Å². The highest BCUT2D eigenvalue weighted by Crippen LogP contribution is 2.29. The van der Waals surface area contributed by atoms with Crippen molar-refractivity contribution in [2.24, 2.45) is 5.73 Å². The maximum atomic E-state index is 11.4. The Morgan fingerprint density at radius 3 is 2.58 bits per heavy atom. The summed E-state index contributed by atoms with van der Waals surface area (Å²) >= 11 is 9.25. The molecule has 2 aromatic rings. The molecule has 19 heavy (non-hydrogen) atoms. The Morgan fingerprint density at radius 1 is 1.21 bits per heavy atom. The van der Waals surface area contributed by atoms with E-state index in [2.05, 4.69) is 21.2 Å². The highest BCUT2D eigenvalue weighted by molar-refractivity contribution is 9.10. The fraction of sp³-hybridized carbons (Fsp3) is 0. The zero-order valence-corrected chi connectivity index (χ0v) is 12.1. The van der Waals surface area contributed by atoms with Gasteiger partial charge in [-0.15, -0.1) is 0 Å². The lowest BCUT2D eigenvalue weighted by Gasteiger charge is -2.11. The second-order valence-electron chi connectivity index (χ2n) is 3.92. The summed E-state index contributed by atoms with van der Waals surface area (Å²) in [6, 6.07) is 10.2. The van der Waals surface area contributed by atoms with Crippen LogP contribution in [0.4, 0.5) is 17.1 Å². The number of carbonyl (C=O) groups excluding carboxylic acids is 1. The Kier molecular flexibility index (Phi) is 3.97. The number of benzene rings is 2. The van der Waals surface area contributed by atoms with E-state index >= 15 is 0 Å². The molecule has 0 aromatic heterocycles. The molecule has 98 valence electrons. The summed E-state index contributed by atoms with van der Waals surface area (Å²) in [6.07, 6.45) is 0. The first-order chi connectivity index (χ1) is 8.97. The number of rotatable bonds is 3. The summed E-state index contributed by atoms with van der Waals surface area (Å²) in [5.74, 6) is -0.518. The van der Waals surface area contributed by atoms with Gasteiger partial charge in [0.1, 0.15) is 0 Å².